The zero-order valence-electron chi connectivity index (χ0n) is 17.7. The van der Waals surface area contributed by atoms with Gasteiger partial charge in [0.2, 0.25) is 15.9 Å². The Bertz CT molecular complexity index is 918. The van der Waals surface area contributed by atoms with Gasteiger partial charge in [0.15, 0.2) is 0 Å². The first kappa shape index (κ1) is 22.7. The first-order valence-electron chi connectivity index (χ1n) is 9.81. The van der Waals surface area contributed by atoms with Gasteiger partial charge in [-0.3, -0.25) is 9.10 Å². The van der Waals surface area contributed by atoms with E-state index in [4.69, 9.17) is 4.74 Å². The van der Waals surface area contributed by atoms with Crippen molar-refractivity contribution in [1.82, 2.24) is 0 Å². The third-order valence-corrected chi connectivity index (χ3v) is 6.08. The van der Waals surface area contributed by atoms with Crippen molar-refractivity contribution >= 4 is 27.3 Å². The van der Waals surface area contributed by atoms with Gasteiger partial charge < -0.3 is 10.1 Å². The molecule has 2 rings (SSSR count). The van der Waals surface area contributed by atoms with Crippen molar-refractivity contribution in [3.63, 3.8) is 0 Å². The average Bonchev–Trinajstić information content (AvgIpc) is 2.71. The van der Waals surface area contributed by atoms with Gasteiger partial charge in [-0.2, -0.15) is 0 Å². The molecule has 0 radical (unpaired) electrons. The Balaban J connectivity index is 2.44. The summed E-state index contributed by atoms with van der Waals surface area (Å²) < 4.78 is 31.5. The van der Waals surface area contributed by atoms with Gasteiger partial charge in [0.1, 0.15) is 11.8 Å². The van der Waals surface area contributed by atoms with Crippen molar-refractivity contribution in [2.45, 2.75) is 46.1 Å². The maximum atomic E-state index is 13.2. The first-order chi connectivity index (χ1) is 13.8. The van der Waals surface area contributed by atoms with Crippen molar-refractivity contribution in [3.8, 4) is 5.75 Å². The fourth-order valence-corrected chi connectivity index (χ4v) is 4.61. The minimum absolute atomic E-state index is 0.334. The van der Waals surface area contributed by atoms with Crippen LogP contribution in [0.4, 0.5) is 11.4 Å². The number of nitrogens with one attached hydrogen (secondary N) is 1. The number of carbonyl (C=O) groups excluding carboxylic acids is 1. The molecule has 0 aliphatic heterocycles. The number of amides is 1. The van der Waals surface area contributed by atoms with E-state index < -0.39 is 16.1 Å². The number of hydrogen-bond donors (Lipinski definition) is 1. The lowest BCUT2D eigenvalue weighted by molar-refractivity contribution is -0.117. The van der Waals surface area contributed by atoms with Crippen molar-refractivity contribution in [3.05, 3.63) is 53.6 Å². The number of ether oxygens (including phenoxy) is 1. The van der Waals surface area contributed by atoms with Gasteiger partial charge in [-0.15, -0.1) is 0 Å². The molecule has 0 aliphatic carbocycles. The van der Waals surface area contributed by atoms with Crippen molar-refractivity contribution in [2.24, 2.45) is 0 Å². The summed E-state index contributed by atoms with van der Waals surface area (Å²) in [5, 5.41) is 3.01. The topological polar surface area (TPSA) is 75.7 Å². The van der Waals surface area contributed by atoms with Gasteiger partial charge in [-0.05, 0) is 54.7 Å². The van der Waals surface area contributed by atoms with Gasteiger partial charge in [0.25, 0.3) is 0 Å². The Morgan fingerprint density at radius 2 is 1.59 bits per heavy atom. The molecule has 1 atom stereocenters. The molecule has 0 saturated heterocycles. The van der Waals surface area contributed by atoms with Crippen molar-refractivity contribution in [2.75, 3.05) is 23.0 Å². The highest BCUT2D eigenvalue weighted by Crippen LogP contribution is 2.27. The molecule has 1 amide bonds. The van der Waals surface area contributed by atoms with E-state index >= 15 is 0 Å². The summed E-state index contributed by atoms with van der Waals surface area (Å²) in [6.07, 6.45) is 2.99. The van der Waals surface area contributed by atoms with Gasteiger partial charge in [-0.25, -0.2) is 8.42 Å². The van der Waals surface area contributed by atoms with E-state index in [0.717, 1.165) is 35.9 Å². The number of anilines is 2. The largest absolute Gasteiger partial charge is 0.497 e. The number of nitrogens with zero attached hydrogens (tertiary/aromatic N) is 1. The summed E-state index contributed by atoms with van der Waals surface area (Å²) >= 11 is 0. The predicted octanol–water partition coefficient (Wildman–Crippen LogP) is 4.00. The fourth-order valence-electron chi connectivity index (χ4n) is 3.40. The summed E-state index contributed by atoms with van der Waals surface area (Å²) in [7, 11) is -2.14. The molecule has 158 valence electrons. The van der Waals surface area contributed by atoms with E-state index in [2.05, 4.69) is 5.32 Å². The van der Waals surface area contributed by atoms with Crippen LogP contribution in [0.25, 0.3) is 0 Å². The van der Waals surface area contributed by atoms with E-state index in [9.17, 15) is 13.2 Å². The average molecular weight is 419 g/mol. The minimum Gasteiger partial charge on any atom is -0.497 e. The van der Waals surface area contributed by atoms with Gasteiger partial charge in [0, 0.05) is 5.69 Å². The Kier molecular flexibility index (Phi) is 7.67. The predicted molar refractivity (Wildman–Crippen MR) is 118 cm³/mol. The van der Waals surface area contributed by atoms with Crippen molar-refractivity contribution < 1.29 is 17.9 Å². The number of carbonyl (C=O) groups is 1. The minimum atomic E-state index is -3.69. The number of aryl methyl sites for hydroxylation is 2. The maximum absolute atomic E-state index is 13.2. The standard InChI is InChI=1S/C22H30N2O4S/c1-6-16-10-9-11-17(7-2)21(16)23-22(25)20(8-3)24(29(5,26)27)18-12-14-19(28-4)15-13-18/h9-15,20H,6-8H2,1-5H3,(H,23,25)/t20-/m0/s1. The summed E-state index contributed by atoms with van der Waals surface area (Å²) in [6.45, 7) is 5.86. The van der Waals surface area contributed by atoms with Crippen LogP contribution in [0.1, 0.15) is 38.3 Å². The Hall–Kier alpha value is -2.54. The third kappa shape index (κ3) is 5.29. The lowest BCUT2D eigenvalue weighted by Crippen LogP contribution is -2.47. The van der Waals surface area contributed by atoms with E-state index in [1.54, 1.807) is 38.3 Å². The van der Waals surface area contributed by atoms with Crippen LogP contribution < -0.4 is 14.4 Å². The second kappa shape index (κ2) is 9.78. The summed E-state index contributed by atoms with van der Waals surface area (Å²) in [4.78, 5) is 13.2. The number of benzene rings is 2. The SMILES string of the molecule is CCc1cccc(CC)c1NC(=O)[C@H](CC)N(c1ccc(OC)cc1)S(C)(=O)=O. The molecule has 1 N–H and O–H groups in total. The Morgan fingerprint density at radius 3 is 2.00 bits per heavy atom. The second-order valence-corrected chi connectivity index (χ2v) is 8.69. The van der Waals surface area contributed by atoms with Crippen LogP contribution >= 0.6 is 0 Å². The molecule has 0 saturated carbocycles. The molecule has 0 bridgehead atoms. The van der Waals surface area contributed by atoms with E-state index in [0.29, 0.717) is 17.9 Å². The molecule has 0 fully saturated rings. The lowest BCUT2D eigenvalue weighted by atomic mass is 10.0. The van der Waals surface area contributed by atoms with Crippen LogP contribution in [-0.4, -0.2) is 33.7 Å². The van der Waals surface area contributed by atoms with Crippen molar-refractivity contribution in [1.29, 1.82) is 0 Å². The molecule has 0 aliphatic rings. The molecule has 0 aromatic heterocycles. The third-order valence-electron chi connectivity index (χ3n) is 4.90. The zero-order valence-corrected chi connectivity index (χ0v) is 18.5. The molecule has 2 aromatic rings. The van der Waals surface area contributed by atoms with Crippen LogP contribution in [0, 0.1) is 0 Å². The molecule has 29 heavy (non-hydrogen) atoms. The Labute approximate surface area is 173 Å². The van der Waals surface area contributed by atoms with Gasteiger partial charge in [-0.1, -0.05) is 39.0 Å². The van der Waals surface area contributed by atoms with E-state index in [-0.39, 0.29) is 5.91 Å². The van der Waals surface area contributed by atoms with Crippen LogP contribution in [0.5, 0.6) is 5.75 Å². The number of methoxy groups -OCH3 is 1. The summed E-state index contributed by atoms with van der Waals surface area (Å²) in [5.41, 5.74) is 3.27. The summed E-state index contributed by atoms with van der Waals surface area (Å²) in [5.74, 6) is 0.272. The molecule has 0 heterocycles. The number of para-hydroxylation sites is 1. The lowest BCUT2D eigenvalue weighted by Gasteiger charge is -2.30. The second-order valence-electron chi connectivity index (χ2n) is 6.83. The van der Waals surface area contributed by atoms with E-state index in [1.807, 2.05) is 32.0 Å². The smallest absolute Gasteiger partial charge is 0.248 e. The zero-order chi connectivity index (χ0) is 21.6. The number of hydrogen-bond acceptors (Lipinski definition) is 4. The first-order valence-corrected chi connectivity index (χ1v) is 11.7. The highest BCUT2D eigenvalue weighted by molar-refractivity contribution is 7.92. The normalized spacial score (nSPS) is 12.3. The number of rotatable bonds is 9. The number of sulfonamides is 1. The highest BCUT2D eigenvalue weighted by atomic mass is 32.2. The van der Waals surface area contributed by atoms with Crippen LogP contribution in [0.2, 0.25) is 0 Å². The van der Waals surface area contributed by atoms with Gasteiger partial charge >= 0.3 is 0 Å². The van der Waals surface area contributed by atoms with Crippen LogP contribution in [0.15, 0.2) is 42.5 Å². The monoisotopic (exact) mass is 418 g/mol. The highest BCUT2D eigenvalue weighted by Gasteiger charge is 2.32. The van der Waals surface area contributed by atoms with E-state index in [1.165, 1.54) is 4.31 Å². The Morgan fingerprint density at radius 1 is 1.03 bits per heavy atom. The fraction of sp³-hybridized carbons (Fsp3) is 0.409. The molecule has 2 aromatic carbocycles. The molecule has 7 heteroatoms. The molecule has 0 spiro atoms. The summed E-state index contributed by atoms with van der Waals surface area (Å²) in [6, 6.07) is 11.7. The van der Waals surface area contributed by atoms with Crippen LogP contribution in [0.3, 0.4) is 0 Å². The quantitative estimate of drug-likeness (QED) is 0.668. The maximum Gasteiger partial charge on any atom is 0.248 e. The van der Waals surface area contributed by atoms with Crippen LogP contribution in [-0.2, 0) is 27.7 Å². The molecular formula is C22H30N2O4S. The molecule has 0 unspecified atom stereocenters. The van der Waals surface area contributed by atoms with Gasteiger partial charge in [0.05, 0.1) is 19.1 Å². The molecule has 6 nitrogen and oxygen atoms in total. The molecular weight excluding hydrogens is 388 g/mol.